The molecule has 5 heteroatoms. The monoisotopic (exact) mass is 367 g/mol. The van der Waals surface area contributed by atoms with E-state index in [4.69, 9.17) is 0 Å². The van der Waals surface area contributed by atoms with Gasteiger partial charge in [0.2, 0.25) is 5.78 Å². The van der Waals surface area contributed by atoms with Crippen LogP contribution in [0.4, 0.5) is 5.69 Å². The summed E-state index contributed by atoms with van der Waals surface area (Å²) < 4.78 is 0.784. The Morgan fingerprint density at radius 3 is 2.44 bits per heavy atom. The number of Topliss-reactive ketones (excluding diaryl/α,β-unsaturated/α-hetero) is 1. The van der Waals surface area contributed by atoms with Crippen molar-refractivity contribution in [3.8, 4) is 0 Å². The fraction of sp³-hybridized carbons (Fsp3) is 0.200. The third-order valence-electron chi connectivity index (χ3n) is 4.50. The lowest BCUT2D eigenvalue weighted by molar-refractivity contribution is -0.114. The van der Waals surface area contributed by atoms with Crippen LogP contribution in [0.3, 0.4) is 0 Å². The highest BCUT2D eigenvalue weighted by atomic mass is 32.2. The number of hydrogen-bond acceptors (Lipinski definition) is 4. The summed E-state index contributed by atoms with van der Waals surface area (Å²) in [6, 6.07) is 13.7. The fourth-order valence-electron chi connectivity index (χ4n) is 3.02. The molecule has 0 aromatic heterocycles. The van der Waals surface area contributed by atoms with E-state index in [9.17, 15) is 9.59 Å². The molecule has 0 atom stereocenters. The average Bonchev–Trinajstić information content (AvgIpc) is 3.02. The maximum atomic E-state index is 13.0. The molecule has 25 heavy (non-hydrogen) atoms. The maximum absolute atomic E-state index is 13.0. The number of fused-ring (bicyclic) bond motifs is 2. The molecule has 0 bridgehead atoms. The van der Waals surface area contributed by atoms with Crippen LogP contribution in [0, 0.1) is 0 Å². The molecular weight excluding hydrogens is 350 g/mol. The average molecular weight is 367 g/mol. The second-order valence-corrected chi connectivity index (χ2v) is 8.80. The van der Waals surface area contributed by atoms with Crippen LogP contribution in [0.2, 0.25) is 0 Å². The van der Waals surface area contributed by atoms with Crippen molar-refractivity contribution in [2.24, 2.45) is 0 Å². The zero-order chi connectivity index (χ0) is 17.7. The van der Waals surface area contributed by atoms with E-state index in [0.29, 0.717) is 22.7 Å². The Morgan fingerprint density at radius 1 is 0.960 bits per heavy atom. The van der Waals surface area contributed by atoms with Crippen LogP contribution >= 0.6 is 23.5 Å². The minimum Gasteiger partial charge on any atom is -0.311 e. The Morgan fingerprint density at radius 2 is 1.68 bits per heavy atom. The number of ketones is 1. The minimum absolute atomic E-state index is 0.175. The smallest absolute Gasteiger partial charge is 0.263 e. The molecule has 3 nitrogen and oxygen atoms in total. The summed E-state index contributed by atoms with van der Waals surface area (Å²) in [6.07, 6.45) is 0. The zero-order valence-corrected chi connectivity index (χ0v) is 15.8. The van der Waals surface area contributed by atoms with Gasteiger partial charge < -0.3 is 4.90 Å². The molecule has 0 unspecified atom stereocenters. The highest BCUT2D eigenvalue weighted by Gasteiger charge is 2.37. The van der Waals surface area contributed by atoms with Crippen LogP contribution in [0.15, 0.2) is 62.1 Å². The van der Waals surface area contributed by atoms with Crippen molar-refractivity contribution >= 4 is 40.9 Å². The van der Waals surface area contributed by atoms with Gasteiger partial charge in [0.1, 0.15) is 5.57 Å². The van der Waals surface area contributed by atoms with Gasteiger partial charge in [-0.1, -0.05) is 55.6 Å². The molecule has 0 fully saturated rings. The molecular formula is C20H17NO2S2. The molecule has 0 radical (unpaired) electrons. The van der Waals surface area contributed by atoms with Crippen molar-refractivity contribution in [3.05, 3.63) is 63.4 Å². The van der Waals surface area contributed by atoms with Crippen LogP contribution in [-0.4, -0.2) is 18.7 Å². The minimum atomic E-state index is -0.226. The van der Waals surface area contributed by atoms with Crippen molar-refractivity contribution in [2.75, 3.05) is 11.9 Å². The number of likely N-dealkylation sites (N-methyl/N-ethyl adjacent to an activating group) is 1. The Bertz CT molecular complexity index is 946. The van der Waals surface area contributed by atoms with Gasteiger partial charge in [-0.25, -0.2) is 0 Å². The van der Waals surface area contributed by atoms with E-state index in [1.807, 2.05) is 18.2 Å². The summed E-state index contributed by atoms with van der Waals surface area (Å²) in [5, 5.41) is 0. The number of thioether (sulfide) groups is 2. The molecule has 2 aliphatic heterocycles. The number of para-hydroxylation sites is 1. The van der Waals surface area contributed by atoms with Gasteiger partial charge in [-0.15, -0.1) is 0 Å². The summed E-state index contributed by atoms with van der Waals surface area (Å²) >= 11 is 3.05. The van der Waals surface area contributed by atoms with Crippen LogP contribution < -0.4 is 4.90 Å². The molecule has 126 valence electrons. The Labute approximate surface area is 155 Å². The fourth-order valence-corrected chi connectivity index (χ4v) is 5.60. The first-order valence-corrected chi connectivity index (χ1v) is 9.76. The molecule has 4 rings (SSSR count). The lowest BCUT2D eigenvalue weighted by atomic mass is 9.97. The van der Waals surface area contributed by atoms with Crippen LogP contribution in [-0.2, 0) is 4.79 Å². The van der Waals surface area contributed by atoms with Crippen molar-refractivity contribution in [3.63, 3.8) is 0 Å². The molecule has 0 saturated carbocycles. The second kappa shape index (κ2) is 6.07. The van der Waals surface area contributed by atoms with Crippen LogP contribution in [0.5, 0.6) is 0 Å². The second-order valence-electron chi connectivity index (χ2n) is 6.44. The molecule has 0 saturated heterocycles. The summed E-state index contributed by atoms with van der Waals surface area (Å²) in [6.45, 7) is 4.32. The van der Waals surface area contributed by atoms with Crippen LogP contribution in [0.25, 0.3) is 0 Å². The predicted molar refractivity (Wildman–Crippen MR) is 103 cm³/mol. The first-order chi connectivity index (χ1) is 12.0. The standard InChI is InChI=1S/C20H17NO2S2/c1-11(2)12-8-9-15-16(10-12)25-20(24-15)17-18(22)13-6-4-5-7-14(13)21(3)19(17)23/h4-11H,1-3H3/b20-17-. The Kier molecular flexibility index (Phi) is 4.01. The van der Waals surface area contributed by atoms with Gasteiger partial charge in [-0.3, -0.25) is 9.59 Å². The van der Waals surface area contributed by atoms with Gasteiger partial charge >= 0.3 is 0 Å². The topological polar surface area (TPSA) is 37.4 Å². The molecule has 0 spiro atoms. The van der Waals surface area contributed by atoms with Gasteiger partial charge in [-0.2, -0.15) is 0 Å². The lowest BCUT2D eigenvalue weighted by Gasteiger charge is -2.26. The van der Waals surface area contributed by atoms with Crippen molar-refractivity contribution in [2.45, 2.75) is 29.6 Å². The number of anilines is 1. The first-order valence-electron chi connectivity index (χ1n) is 8.13. The van der Waals surface area contributed by atoms with E-state index >= 15 is 0 Å². The third-order valence-corrected chi connectivity index (χ3v) is 7.04. The van der Waals surface area contributed by atoms with E-state index in [1.165, 1.54) is 29.1 Å². The van der Waals surface area contributed by atoms with Crippen molar-refractivity contribution < 1.29 is 9.59 Å². The van der Waals surface area contributed by atoms with Crippen molar-refractivity contribution in [1.29, 1.82) is 0 Å². The molecule has 2 aromatic rings. The number of rotatable bonds is 1. The Balaban J connectivity index is 1.79. The third kappa shape index (κ3) is 2.62. The Hall–Kier alpha value is -1.98. The maximum Gasteiger partial charge on any atom is 0.263 e. The predicted octanol–water partition coefficient (Wildman–Crippen LogP) is 5.08. The molecule has 0 N–H and O–H groups in total. The lowest BCUT2D eigenvalue weighted by Crippen LogP contribution is -2.37. The highest BCUT2D eigenvalue weighted by molar-refractivity contribution is 8.24. The van der Waals surface area contributed by atoms with E-state index < -0.39 is 0 Å². The number of carbonyl (C=O) groups is 2. The summed E-state index contributed by atoms with van der Waals surface area (Å²) in [5.41, 5.74) is 2.82. The normalized spacial score (nSPS) is 19.4. The van der Waals surface area contributed by atoms with Gasteiger partial charge in [0, 0.05) is 22.4 Å². The van der Waals surface area contributed by atoms with Gasteiger partial charge in [-0.05, 0) is 35.7 Å². The number of amides is 1. The van der Waals surface area contributed by atoms with Gasteiger partial charge in [0.25, 0.3) is 5.91 Å². The van der Waals surface area contributed by atoms with E-state index in [0.717, 1.165) is 14.0 Å². The largest absolute Gasteiger partial charge is 0.311 e. The highest BCUT2D eigenvalue weighted by Crippen LogP contribution is 2.54. The van der Waals surface area contributed by atoms with Gasteiger partial charge in [0.05, 0.1) is 9.92 Å². The zero-order valence-electron chi connectivity index (χ0n) is 14.2. The SMILES string of the molecule is CC(C)c1ccc2c(c1)S/C(=C1/C(=O)c3ccccc3N(C)C1=O)S2. The van der Waals surface area contributed by atoms with Crippen LogP contribution in [0.1, 0.15) is 35.7 Å². The number of hydrogen-bond donors (Lipinski definition) is 0. The van der Waals surface area contributed by atoms with Gasteiger partial charge in [0.15, 0.2) is 0 Å². The summed E-state index contributed by atoms with van der Waals surface area (Å²) in [5.74, 6) is 0.0461. The molecule has 1 amide bonds. The van der Waals surface area contributed by atoms with E-state index in [1.54, 1.807) is 18.0 Å². The molecule has 2 aromatic carbocycles. The summed E-state index contributed by atoms with van der Waals surface area (Å²) in [7, 11) is 1.72. The quantitative estimate of drug-likeness (QED) is 0.520. The molecule has 2 heterocycles. The number of benzene rings is 2. The summed E-state index contributed by atoms with van der Waals surface area (Å²) in [4.78, 5) is 29.6. The first kappa shape index (κ1) is 16.5. The van der Waals surface area contributed by atoms with E-state index in [-0.39, 0.29) is 11.7 Å². The number of nitrogens with zero attached hydrogens (tertiary/aromatic N) is 1. The molecule has 2 aliphatic rings. The molecule has 0 aliphatic carbocycles. The number of carbonyl (C=O) groups excluding carboxylic acids is 2. The van der Waals surface area contributed by atoms with Crippen molar-refractivity contribution in [1.82, 2.24) is 0 Å². The van der Waals surface area contributed by atoms with E-state index in [2.05, 4.69) is 32.0 Å².